The topological polar surface area (TPSA) is 50.4 Å². The van der Waals surface area contributed by atoms with Crippen molar-refractivity contribution in [3.8, 4) is 0 Å². The van der Waals surface area contributed by atoms with Crippen molar-refractivity contribution in [2.24, 2.45) is 0 Å². The van der Waals surface area contributed by atoms with Crippen LogP contribution in [0, 0.1) is 0 Å². The van der Waals surface area contributed by atoms with Crippen molar-refractivity contribution in [1.82, 2.24) is 10.6 Å². The van der Waals surface area contributed by atoms with Crippen LogP contribution in [0.2, 0.25) is 0 Å². The molecule has 72 valence electrons. The van der Waals surface area contributed by atoms with E-state index in [1.54, 1.807) is 12.4 Å². The summed E-state index contributed by atoms with van der Waals surface area (Å²) in [5.41, 5.74) is 0. The molecule has 4 nitrogen and oxygen atoms in total. The molecular weight excluding hydrogens is 168 g/mol. The van der Waals surface area contributed by atoms with E-state index in [4.69, 9.17) is 4.74 Å². The number of carbonyl (C=O) groups excluding carboxylic acids is 1. The third-order valence-corrected chi connectivity index (χ3v) is 1.43. The van der Waals surface area contributed by atoms with Crippen LogP contribution in [-0.4, -0.2) is 18.2 Å². The maximum atomic E-state index is 11.1. The van der Waals surface area contributed by atoms with Crippen molar-refractivity contribution in [3.63, 3.8) is 0 Å². The SMILES string of the molecule is CC(C)OC(=O)NC1C=CNC=C1. The lowest BCUT2D eigenvalue weighted by Gasteiger charge is -2.15. The van der Waals surface area contributed by atoms with Crippen LogP contribution in [0.5, 0.6) is 0 Å². The first-order chi connectivity index (χ1) is 6.18. The standard InChI is InChI=1S/C9H14N2O2/c1-7(2)13-9(12)11-8-3-5-10-6-4-8/h3-8,10H,1-2H3,(H,11,12). The summed E-state index contributed by atoms with van der Waals surface area (Å²) >= 11 is 0. The third-order valence-electron chi connectivity index (χ3n) is 1.43. The molecule has 13 heavy (non-hydrogen) atoms. The summed E-state index contributed by atoms with van der Waals surface area (Å²) in [4.78, 5) is 11.1. The van der Waals surface area contributed by atoms with E-state index >= 15 is 0 Å². The van der Waals surface area contributed by atoms with Crippen molar-refractivity contribution < 1.29 is 9.53 Å². The van der Waals surface area contributed by atoms with Gasteiger partial charge in [-0.1, -0.05) is 0 Å². The Labute approximate surface area is 77.6 Å². The third kappa shape index (κ3) is 3.64. The van der Waals surface area contributed by atoms with Gasteiger partial charge in [-0.05, 0) is 38.4 Å². The van der Waals surface area contributed by atoms with Crippen molar-refractivity contribution in [1.29, 1.82) is 0 Å². The predicted molar refractivity (Wildman–Crippen MR) is 50.0 cm³/mol. The Kier molecular flexibility index (Phi) is 3.37. The minimum absolute atomic E-state index is 0.0764. The van der Waals surface area contributed by atoms with E-state index in [-0.39, 0.29) is 12.1 Å². The van der Waals surface area contributed by atoms with Gasteiger partial charge < -0.3 is 15.4 Å². The summed E-state index contributed by atoms with van der Waals surface area (Å²) < 4.78 is 4.91. The second-order valence-electron chi connectivity index (χ2n) is 3.01. The van der Waals surface area contributed by atoms with E-state index in [0.717, 1.165) is 0 Å². The Hall–Kier alpha value is -1.45. The van der Waals surface area contributed by atoms with Crippen LogP contribution >= 0.6 is 0 Å². The zero-order valence-corrected chi connectivity index (χ0v) is 7.78. The van der Waals surface area contributed by atoms with Crippen molar-refractivity contribution in [3.05, 3.63) is 24.6 Å². The minimum Gasteiger partial charge on any atom is -0.447 e. The van der Waals surface area contributed by atoms with Gasteiger partial charge in [0, 0.05) is 0 Å². The smallest absolute Gasteiger partial charge is 0.408 e. The normalized spacial score (nSPS) is 15.6. The summed E-state index contributed by atoms with van der Waals surface area (Å²) in [6.07, 6.45) is 6.72. The van der Waals surface area contributed by atoms with Gasteiger partial charge in [-0.15, -0.1) is 0 Å². The monoisotopic (exact) mass is 182 g/mol. The van der Waals surface area contributed by atoms with Gasteiger partial charge in [0.05, 0.1) is 12.1 Å². The molecular formula is C9H14N2O2. The largest absolute Gasteiger partial charge is 0.447 e. The fourth-order valence-corrected chi connectivity index (χ4v) is 0.919. The van der Waals surface area contributed by atoms with Crippen LogP contribution in [0.15, 0.2) is 24.6 Å². The van der Waals surface area contributed by atoms with Gasteiger partial charge in [0.1, 0.15) is 0 Å². The Morgan fingerprint density at radius 2 is 2.08 bits per heavy atom. The van der Waals surface area contributed by atoms with Gasteiger partial charge in [-0.25, -0.2) is 4.79 Å². The van der Waals surface area contributed by atoms with Crippen LogP contribution in [0.1, 0.15) is 13.8 Å². The average Bonchev–Trinajstić information content (AvgIpc) is 2.04. The highest BCUT2D eigenvalue weighted by Gasteiger charge is 2.09. The number of alkyl carbamates (subject to hydrolysis) is 1. The molecule has 1 rings (SSSR count). The molecule has 1 aliphatic rings. The maximum absolute atomic E-state index is 11.1. The summed E-state index contributed by atoms with van der Waals surface area (Å²) in [5, 5.41) is 5.55. The van der Waals surface area contributed by atoms with E-state index in [2.05, 4.69) is 10.6 Å². The highest BCUT2D eigenvalue weighted by molar-refractivity contribution is 5.68. The molecule has 1 amide bonds. The lowest BCUT2D eigenvalue weighted by molar-refractivity contribution is 0.115. The van der Waals surface area contributed by atoms with E-state index < -0.39 is 6.09 Å². The maximum Gasteiger partial charge on any atom is 0.408 e. The summed E-state index contributed by atoms with van der Waals surface area (Å²) in [5.74, 6) is 0. The first kappa shape index (κ1) is 9.64. The summed E-state index contributed by atoms with van der Waals surface area (Å²) in [7, 11) is 0. The summed E-state index contributed by atoms with van der Waals surface area (Å²) in [6.45, 7) is 3.63. The molecule has 0 bridgehead atoms. The van der Waals surface area contributed by atoms with Crippen molar-refractivity contribution in [2.75, 3.05) is 0 Å². The average molecular weight is 182 g/mol. The number of rotatable bonds is 2. The van der Waals surface area contributed by atoms with Gasteiger partial charge >= 0.3 is 6.09 Å². The Balaban J connectivity index is 2.31. The number of dihydropyridines is 1. The van der Waals surface area contributed by atoms with Crippen molar-refractivity contribution in [2.45, 2.75) is 26.0 Å². The number of carbonyl (C=O) groups is 1. The second-order valence-corrected chi connectivity index (χ2v) is 3.01. The summed E-state index contributed by atoms with van der Waals surface area (Å²) in [6, 6.07) is -0.0764. The molecule has 0 saturated carbocycles. The lowest BCUT2D eigenvalue weighted by atomic mass is 10.2. The lowest BCUT2D eigenvalue weighted by Crippen LogP contribution is -2.35. The van der Waals surface area contributed by atoms with Gasteiger partial charge in [-0.2, -0.15) is 0 Å². The fourth-order valence-electron chi connectivity index (χ4n) is 0.919. The Morgan fingerprint density at radius 1 is 1.46 bits per heavy atom. The number of ether oxygens (including phenoxy) is 1. The molecule has 0 fully saturated rings. The zero-order chi connectivity index (χ0) is 9.68. The highest BCUT2D eigenvalue weighted by Crippen LogP contribution is 1.96. The molecule has 0 aromatic carbocycles. The number of amides is 1. The van der Waals surface area contributed by atoms with Crippen LogP contribution in [-0.2, 0) is 4.74 Å². The van der Waals surface area contributed by atoms with Gasteiger partial charge in [0.25, 0.3) is 0 Å². The van der Waals surface area contributed by atoms with Crippen molar-refractivity contribution >= 4 is 6.09 Å². The second kappa shape index (κ2) is 4.54. The quantitative estimate of drug-likeness (QED) is 0.672. The zero-order valence-electron chi connectivity index (χ0n) is 7.78. The van der Waals surface area contributed by atoms with Crippen LogP contribution < -0.4 is 10.6 Å². The first-order valence-corrected chi connectivity index (χ1v) is 4.25. The highest BCUT2D eigenvalue weighted by atomic mass is 16.6. The number of hydrogen-bond donors (Lipinski definition) is 2. The van der Waals surface area contributed by atoms with Gasteiger partial charge in [0.15, 0.2) is 0 Å². The molecule has 0 unspecified atom stereocenters. The molecule has 0 aromatic heterocycles. The number of nitrogens with one attached hydrogen (secondary N) is 2. The molecule has 0 aromatic rings. The predicted octanol–water partition coefficient (Wildman–Crippen LogP) is 1.12. The minimum atomic E-state index is -0.392. The molecule has 0 saturated heterocycles. The van der Waals surface area contributed by atoms with Gasteiger partial charge in [0.2, 0.25) is 0 Å². The molecule has 0 spiro atoms. The van der Waals surface area contributed by atoms with Crippen LogP contribution in [0.25, 0.3) is 0 Å². The van der Waals surface area contributed by atoms with Crippen LogP contribution in [0.4, 0.5) is 4.79 Å². The molecule has 0 radical (unpaired) electrons. The molecule has 0 atom stereocenters. The Bertz CT molecular complexity index is 222. The van der Waals surface area contributed by atoms with E-state index in [9.17, 15) is 4.79 Å². The van der Waals surface area contributed by atoms with E-state index in [0.29, 0.717) is 0 Å². The van der Waals surface area contributed by atoms with Gasteiger partial charge in [-0.3, -0.25) is 0 Å². The van der Waals surface area contributed by atoms with E-state index in [1.807, 2.05) is 26.0 Å². The molecule has 2 N–H and O–H groups in total. The van der Waals surface area contributed by atoms with E-state index in [1.165, 1.54) is 0 Å². The number of hydrogen-bond acceptors (Lipinski definition) is 3. The molecule has 4 heteroatoms. The van der Waals surface area contributed by atoms with Crippen LogP contribution in [0.3, 0.4) is 0 Å². The molecule has 1 aliphatic heterocycles. The Morgan fingerprint density at radius 3 is 2.62 bits per heavy atom. The molecule has 0 aliphatic carbocycles. The molecule has 1 heterocycles. The fraction of sp³-hybridized carbons (Fsp3) is 0.444. The first-order valence-electron chi connectivity index (χ1n) is 4.25.